The molecule has 0 saturated heterocycles. The Morgan fingerprint density at radius 1 is 0.552 bits per heavy atom. The Kier molecular flexibility index (Phi) is 21.1. The van der Waals surface area contributed by atoms with Crippen LogP contribution in [0, 0.1) is 0 Å². The quantitative estimate of drug-likeness (QED) is 0.165. The Morgan fingerprint density at radius 2 is 0.862 bits per heavy atom. The fourth-order valence-corrected chi connectivity index (χ4v) is 4.31. The standard InChI is InChI=1S/C27H57NO/c1-4-6-8-10-12-14-16-18-20-22-24-26(29)27(3,28)25-23-21-19-17-15-13-11-9-7-5-2/h26,29H,4-25,28H2,1-3H3. The average molecular weight is 412 g/mol. The molecule has 2 heteroatoms. The second-order valence-electron chi connectivity index (χ2n) is 9.92. The minimum Gasteiger partial charge on any atom is -0.391 e. The topological polar surface area (TPSA) is 46.2 Å². The van der Waals surface area contributed by atoms with Crippen molar-refractivity contribution < 1.29 is 5.11 Å². The van der Waals surface area contributed by atoms with Crippen molar-refractivity contribution >= 4 is 0 Å². The fourth-order valence-electron chi connectivity index (χ4n) is 4.31. The summed E-state index contributed by atoms with van der Waals surface area (Å²) in [6.45, 7) is 6.61. The normalized spacial score (nSPS) is 14.8. The van der Waals surface area contributed by atoms with Gasteiger partial charge in [-0.1, -0.05) is 142 Å². The van der Waals surface area contributed by atoms with Crippen molar-refractivity contribution in [1.29, 1.82) is 0 Å². The maximum Gasteiger partial charge on any atom is 0.0716 e. The molecule has 0 aromatic rings. The molecule has 0 aromatic heterocycles. The van der Waals surface area contributed by atoms with Crippen molar-refractivity contribution in [3.63, 3.8) is 0 Å². The highest BCUT2D eigenvalue weighted by Gasteiger charge is 2.27. The maximum atomic E-state index is 10.5. The van der Waals surface area contributed by atoms with Gasteiger partial charge in [-0.2, -0.15) is 0 Å². The Balaban J connectivity index is 3.49. The van der Waals surface area contributed by atoms with Crippen molar-refractivity contribution in [1.82, 2.24) is 0 Å². The van der Waals surface area contributed by atoms with Crippen LogP contribution in [0.4, 0.5) is 0 Å². The number of unbranched alkanes of at least 4 members (excludes halogenated alkanes) is 18. The van der Waals surface area contributed by atoms with Gasteiger partial charge in [0, 0.05) is 5.54 Å². The number of rotatable bonds is 23. The Hall–Kier alpha value is -0.0800. The van der Waals surface area contributed by atoms with Crippen LogP contribution in [0.15, 0.2) is 0 Å². The molecule has 0 amide bonds. The van der Waals surface area contributed by atoms with E-state index >= 15 is 0 Å². The molecular weight excluding hydrogens is 354 g/mol. The fraction of sp³-hybridized carbons (Fsp3) is 1.00. The lowest BCUT2D eigenvalue weighted by Crippen LogP contribution is -2.48. The Morgan fingerprint density at radius 3 is 1.24 bits per heavy atom. The lowest BCUT2D eigenvalue weighted by atomic mass is 9.86. The number of nitrogens with two attached hydrogens (primary N) is 1. The summed E-state index contributed by atoms with van der Waals surface area (Å²) in [4.78, 5) is 0. The molecule has 0 aliphatic heterocycles. The first-order valence-electron chi connectivity index (χ1n) is 13.5. The lowest BCUT2D eigenvalue weighted by molar-refractivity contribution is 0.0763. The third kappa shape index (κ3) is 19.6. The zero-order chi connectivity index (χ0) is 21.6. The van der Waals surface area contributed by atoms with E-state index in [1.165, 1.54) is 116 Å². The van der Waals surface area contributed by atoms with Crippen LogP contribution >= 0.6 is 0 Å². The van der Waals surface area contributed by atoms with Gasteiger partial charge in [0.2, 0.25) is 0 Å². The highest BCUT2D eigenvalue weighted by atomic mass is 16.3. The molecule has 0 aliphatic rings. The summed E-state index contributed by atoms with van der Waals surface area (Å²) in [6, 6.07) is 0. The Bertz CT molecular complexity index is 316. The minimum absolute atomic E-state index is 0.338. The molecule has 0 bridgehead atoms. The molecule has 0 saturated carbocycles. The molecule has 0 aliphatic carbocycles. The van der Waals surface area contributed by atoms with E-state index in [0.717, 1.165) is 25.7 Å². The third-order valence-corrected chi connectivity index (χ3v) is 6.66. The first kappa shape index (κ1) is 28.9. The van der Waals surface area contributed by atoms with Gasteiger partial charge in [0.25, 0.3) is 0 Å². The summed E-state index contributed by atoms with van der Waals surface area (Å²) in [6.07, 6.45) is 28.4. The molecule has 0 spiro atoms. The van der Waals surface area contributed by atoms with E-state index in [1.54, 1.807) is 0 Å². The number of aliphatic hydroxyl groups is 1. The van der Waals surface area contributed by atoms with Crippen molar-refractivity contribution in [3.8, 4) is 0 Å². The van der Waals surface area contributed by atoms with Gasteiger partial charge in [-0.25, -0.2) is 0 Å². The zero-order valence-electron chi connectivity index (χ0n) is 20.7. The molecule has 0 radical (unpaired) electrons. The minimum atomic E-state index is -0.403. The molecule has 2 nitrogen and oxygen atoms in total. The molecule has 3 N–H and O–H groups in total. The first-order valence-corrected chi connectivity index (χ1v) is 13.5. The highest BCUT2D eigenvalue weighted by Crippen LogP contribution is 2.22. The Labute approximate surface area is 184 Å². The summed E-state index contributed by atoms with van der Waals surface area (Å²) in [5.41, 5.74) is 6.04. The predicted molar refractivity (Wildman–Crippen MR) is 132 cm³/mol. The van der Waals surface area contributed by atoms with Gasteiger partial charge in [0.15, 0.2) is 0 Å². The van der Waals surface area contributed by atoms with E-state index in [-0.39, 0.29) is 6.10 Å². The van der Waals surface area contributed by atoms with Gasteiger partial charge in [-0.05, 0) is 19.8 Å². The second kappa shape index (κ2) is 21.2. The smallest absolute Gasteiger partial charge is 0.0716 e. The van der Waals surface area contributed by atoms with Crippen LogP contribution in [0.2, 0.25) is 0 Å². The molecule has 2 atom stereocenters. The molecule has 176 valence electrons. The van der Waals surface area contributed by atoms with Gasteiger partial charge in [-0.3, -0.25) is 0 Å². The molecule has 0 fully saturated rings. The van der Waals surface area contributed by atoms with Gasteiger partial charge in [-0.15, -0.1) is 0 Å². The number of hydrogen-bond acceptors (Lipinski definition) is 2. The van der Waals surface area contributed by atoms with E-state index in [0.29, 0.717) is 0 Å². The molecule has 0 aromatic carbocycles. The van der Waals surface area contributed by atoms with E-state index in [1.807, 2.05) is 0 Å². The number of aliphatic hydroxyl groups excluding tert-OH is 1. The van der Waals surface area contributed by atoms with Crippen molar-refractivity contribution in [2.24, 2.45) is 5.73 Å². The van der Waals surface area contributed by atoms with Crippen LogP contribution in [-0.4, -0.2) is 16.7 Å². The van der Waals surface area contributed by atoms with Crippen molar-refractivity contribution in [2.75, 3.05) is 0 Å². The highest BCUT2D eigenvalue weighted by molar-refractivity contribution is 4.86. The predicted octanol–water partition coefficient (Wildman–Crippen LogP) is 8.69. The third-order valence-electron chi connectivity index (χ3n) is 6.66. The lowest BCUT2D eigenvalue weighted by Gasteiger charge is -2.30. The van der Waals surface area contributed by atoms with E-state index < -0.39 is 5.54 Å². The summed E-state index contributed by atoms with van der Waals surface area (Å²) in [7, 11) is 0. The molecule has 0 heterocycles. The van der Waals surface area contributed by atoms with Gasteiger partial charge in [0.1, 0.15) is 0 Å². The zero-order valence-corrected chi connectivity index (χ0v) is 20.7. The summed E-state index contributed by atoms with van der Waals surface area (Å²) in [5.74, 6) is 0. The summed E-state index contributed by atoms with van der Waals surface area (Å²) < 4.78 is 0. The largest absolute Gasteiger partial charge is 0.391 e. The molecule has 29 heavy (non-hydrogen) atoms. The van der Waals surface area contributed by atoms with E-state index in [9.17, 15) is 5.11 Å². The monoisotopic (exact) mass is 411 g/mol. The molecule has 2 unspecified atom stereocenters. The summed E-state index contributed by atoms with van der Waals surface area (Å²) >= 11 is 0. The molecular formula is C27H57NO. The van der Waals surface area contributed by atoms with Crippen LogP contribution < -0.4 is 5.73 Å². The first-order chi connectivity index (χ1) is 14.0. The van der Waals surface area contributed by atoms with Crippen molar-refractivity contribution in [2.45, 2.75) is 174 Å². The van der Waals surface area contributed by atoms with Gasteiger partial charge in [0.05, 0.1) is 6.10 Å². The van der Waals surface area contributed by atoms with Crippen LogP contribution in [0.3, 0.4) is 0 Å². The van der Waals surface area contributed by atoms with Gasteiger partial charge < -0.3 is 10.8 Å². The number of hydrogen-bond donors (Lipinski definition) is 2. The van der Waals surface area contributed by atoms with Crippen LogP contribution in [0.5, 0.6) is 0 Å². The van der Waals surface area contributed by atoms with Gasteiger partial charge >= 0.3 is 0 Å². The SMILES string of the molecule is CCCCCCCCCCCCC(O)C(C)(N)CCCCCCCCCCCC. The molecule has 0 rings (SSSR count). The summed E-state index contributed by atoms with van der Waals surface area (Å²) in [5, 5.41) is 10.5. The average Bonchev–Trinajstić information content (AvgIpc) is 2.70. The van der Waals surface area contributed by atoms with Crippen LogP contribution in [0.25, 0.3) is 0 Å². The second-order valence-corrected chi connectivity index (χ2v) is 9.92. The van der Waals surface area contributed by atoms with Crippen LogP contribution in [-0.2, 0) is 0 Å². The van der Waals surface area contributed by atoms with E-state index in [2.05, 4.69) is 20.8 Å². The van der Waals surface area contributed by atoms with E-state index in [4.69, 9.17) is 5.73 Å². The van der Waals surface area contributed by atoms with Crippen LogP contribution in [0.1, 0.15) is 162 Å². The van der Waals surface area contributed by atoms with Crippen molar-refractivity contribution in [3.05, 3.63) is 0 Å². The maximum absolute atomic E-state index is 10.5.